The van der Waals surface area contributed by atoms with Gasteiger partial charge in [0.05, 0.1) is 5.41 Å². The summed E-state index contributed by atoms with van der Waals surface area (Å²) in [7, 11) is 0. The van der Waals surface area contributed by atoms with Gasteiger partial charge in [-0.05, 0) is 60.8 Å². The van der Waals surface area contributed by atoms with Crippen LogP contribution in [-0.2, 0) is 26.5 Å². The molecule has 0 bridgehead atoms. The summed E-state index contributed by atoms with van der Waals surface area (Å²) in [5.74, 6) is -0.202. The van der Waals surface area contributed by atoms with E-state index in [1.165, 1.54) is 24.4 Å². The van der Waals surface area contributed by atoms with Crippen molar-refractivity contribution in [2.24, 2.45) is 5.41 Å². The van der Waals surface area contributed by atoms with Crippen LogP contribution < -0.4 is 0 Å². The molecule has 0 aliphatic heterocycles. The van der Waals surface area contributed by atoms with Crippen LogP contribution in [0.1, 0.15) is 51.4 Å². The number of benzene rings is 4. The minimum absolute atomic E-state index is 0. The Morgan fingerprint density at radius 1 is 0.837 bits per heavy atom. The maximum atomic E-state index is 13.8. The number of aromatic nitrogens is 3. The molecule has 7 rings (SSSR count). The van der Waals surface area contributed by atoms with E-state index in [1.807, 2.05) is 30.3 Å². The molecule has 0 saturated heterocycles. The molecular formula is C41H33F3IrN3O. The van der Waals surface area contributed by atoms with Crippen LogP contribution in [-0.4, -0.2) is 21.1 Å². The van der Waals surface area contributed by atoms with Gasteiger partial charge in [0.25, 0.3) is 0 Å². The molecule has 0 unspecified atom stereocenters. The molecule has 8 heteroatoms. The number of fused-ring (bicyclic) bond motifs is 3. The Kier molecular flexibility index (Phi) is 6.98. The average Bonchev–Trinajstić information content (AvgIpc) is 3.56. The van der Waals surface area contributed by atoms with Crippen molar-refractivity contribution in [1.29, 1.82) is 0 Å². The fourth-order valence-electron chi connectivity index (χ4n) is 4.98. The van der Waals surface area contributed by atoms with Gasteiger partial charge in [0.15, 0.2) is 0 Å². The number of halogens is 3. The molecule has 0 aliphatic rings. The molecular weight excluding hydrogens is 800 g/mol. The summed E-state index contributed by atoms with van der Waals surface area (Å²) in [6.07, 6.45) is -2.28. The summed E-state index contributed by atoms with van der Waals surface area (Å²) in [5, 5.41) is 1.63. The monoisotopic (exact) mass is 844 g/mol. The molecule has 3 heterocycles. The van der Waals surface area contributed by atoms with Crippen LogP contribution in [0, 0.1) is 44.3 Å². The van der Waals surface area contributed by atoms with Gasteiger partial charge in [0.1, 0.15) is 5.58 Å². The van der Waals surface area contributed by atoms with Crippen molar-refractivity contribution in [3.8, 4) is 33.5 Å². The normalized spacial score (nSPS) is 16.0. The van der Waals surface area contributed by atoms with Gasteiger partial charge in [-0.25, -0.2) is 5.56 Å². The maximum absolute atomic E-state index is 13.8. The van der Waals surface area contributed by atoms with Crippen molar-refractivity contribution < 1.29 is 52.8 Å². The number of aryl methyl sites for hydroxylation is 3. The van der Waals surface area contributed by atoms with Gasteiger partial charge in [-0.15, -0.1) is 17.2 Å². The number of rotatable bonds is 5. The van der Waals surface area contributed by atoms with Crippen molar-refractivity contribution in [2.75, 3.05) is 0 Å². The average molecular weight is 844 g/mol. The van der Waals surface area contributed by atoms with E-state index in [0.717, 1.165) is 22.9 Å². The molecule has 3 aromatic heterocycles. The number of para-hydroxylation sites is 1. The standard InChI is InChI=1S/C31H25F3O.C10H8N3.Ir/c1-19-12-14-22(24-9-7-10-26-25-8-5-6-11-28(25)35-29(24)26)17-27(19)23-15-13-21(16-20(23)2)18-30(3,4)31(32,33)34;1-8-12-6-9(7-13-8)10-4-2-3-5-11-10;/h5-8,10-13,15-17H,18H2,1-4H3;2-6H,1H3;/q-2;-1;+3/i1D3,2D3,18D2;1D3;. The molecule has 0 aliphatic carbocycles. The van der Waals surface area contributed by atoms with Crippen molar-refractivity contribution in [3.05, 3.63) is 138 Å². The zero-order chi connectivity index (χ0) is 43.3. The van der Waals surface area contributed by atoms with Gasteiger partial charge >= 0.3 is 26.3 Å². The largest absolute Gasteiger partial charge is 3.00 e. The summed E-state index contributed by atoms with van der Waals surface area (Å²) < 4.78 is 135. The van der Waals surface area contributed by atoms with E-state index >= 15 is 0 Å². The SMILES string of the molecule is [2H]C([2H])([2H])c1c[c-]c(-c2[c-]ccc3c2oc2ccccc23)cc1-c1ccc(C([2H])([2H])C(C)(C)C(F)(F)F)cc1C([2H])([2H])[2H].[2H]C([2H])([2H])c1n[c-]c(-c2ccccn2)cn1.[Ir+3]. The third-order valence-electron chi connectivity index (χ3n) is 7.57. The minimum atomic E-state index is -4.94. The summed E-state index contributed by atoms with van der Waals surface area (Å²) >= 11 is 0. The van der Waals surface area contributed by atoms with Crippen molar-refractivity contribution in [2.45, 2.75) is 47.0 Å². The van der Waals surface area contributed by atoms with Crippen LogP contribution in [0.2, 0.25) is 0 Å². The number of hydrogen-bond donors (Lipinski definition) is 0. The van der Waals surface area contributed by atoms with E-state index in [9.17, 15) is 13.2 Å². The molecule has 0 fully saturated rings. The van der Waals surface area contributed by atoms with Crippen LogP contribution in [0.25, 0.3) is 55.4 Å². The van der Waals surface area contributed by atoms with Crippen molar-refractivity contribution in [1.82, 2.24) is 15.0 Å². The van der Waals surface area contributed by atoms with Crippen LogP contribution >= 0.6 is 0 Å². The number of alkyl halides is 3. The van der Waals surface area contributed by atoms with Gasteiger partial charge in [0, 0.05) is 38.1 Å². The van der Waals surface area contributed by atoms with Gasteiger partial charge < -0.3 is 19.4 Å². The van der Waals surface area contributed by atoms with E-state index in [2.05, 4.69) is 33.3 Å². The van der Waals surface area contributed by atoms with Crippen LogP contribution in [0.4, 0.5) is 13.2 Å². The Bertz CT molecular complexity index is 2620. The van der Waals surface area contributed by atoms with E-state index in [-0.39, 0.29) is 42.6 Å². The zero-order valence-electron chi connectivity index (χ0n) is 37.0. The van der Waals surface area contributed by atoms with E-state index in [4.69, 9.17) is 19.5 Å². The van der Waals surface area contributed by atoms with E-state index in [1.54, 1.807) is 30.5 Å². The number of hydrogen-bond acceptors (Lipinski definition) is 4. The third kappa shape index (κ3) is 7.66. The zero-order valence-corrected chi connectivity index (χ0v) is 28.3. The predicted octanol–water partition coefficient (Wildman–Crippen LogP) is 10.9. The first-order chi connectivity index (χ1) is 27.3. The molecule has 0 N–H and O–H groups in total. The Labute approximate surface area is 313 Å². The van der Waals surface area contributed by atoms with E-state index in [0.29, 0.717) is 47.4 Å². The second-order valence-electron chi connectivity index (χ2n) is 11.3. The van der Waals surface area contributed by atoms with Gasteiger partial charge in [-0.1, -0.05) is 86.4 Å². The number of furan rings is 1. The Morgan fingerprint density at radius 3 is 2.37 bits per heavy atom. The summed E-state index contributed by atoms with van der Waals surface area (Å²) in [5.41, 5.74) is -1.06. The first-order valence-corrected chi connectivity index (χ1v) is 14.6. The minimum Gasteiger partial charge on any atom is -0.510 e. The smallest absolute Gasteiger partial charge is 0.510 e. The molecule has 7 aromatic rings. The molecule has 0 atom stereocenters. The first kappa shape index (κ1) is 23.7. The molecule has 0 saturated carbocycles. The fourth-order valence-corrected chi connectivity index (χ4v) is 4.98. The molecule has 0 spiro atoms. The number of pyridine rings is 1. The summed E-state index contributed by atoms with van der Waals surface area (Å²) in [6.45, 7) is -6.52. The van der Waals surface area contributed by atoms with Gasteiger partial charge in [0.2, 0.25) is 0 Å². The first-order valence-electron chi connectivity index (χ1n) is 20.1. The summed E-state index contributed by atoms with van der Waals surface area (Å²) in [6, 6.07) is 28.1. The van der Waals surface area contributed by atoms with Crippen LogP contribution in [0.3, 0.4) is 0 Å². The predicted molar refractivity (Wildman–Crippen MR) is 184 cm³/mol. The fraction of sp³-hybridized carbons (Fsp3) is 0.195. The topological polar surface area (TPSA) is 51.8 Å². The molecule has 0 radical (unpaired) electrons. The van der Waals surface area contributed by atoms with Crippen molar-refractivity contribution >= 4 is 21.9 Å². The molecule has 248 valence electrons. The van der Waals surface area contributed by atoms with E-state index < -0.39 is 49.6 Å². The number of nitrogens with zero attached hydrogens (tertiary/aromatic N) is 3. The third-order valence-corrected chi connectivity index (χ3v) is 7.57. The molecule has 0 amide bonds. The molecule has 4 aromatic carbocycles. The second-order valence-corrected chi connectivity index (χ2v) is 11.3. The maximum Gasteiger partial charge on any atom is 3.00 e. The van der Waals surface area contributed by atoms with Crippen LogP contribution in [0.15, 0.2) is 102 Å². The second kappa shape index (κ2) is 14.5. The van der Waals surface area contributed by atoms with Gasteiger partial charge in [-0.2, -0.15) is 49.1 Å². The Balaban J connectivity index is 0.000000336. The Morgan fingerprint density at radius 2 is 1.65 bits per heavy atom. The quantitative estimate of drug-likeness (QED) is 0.162. The van der Waals surface area contributed by atoms with Crippen molar-refractivity contribution in [3.63, 3.8) is 0 Å². The van der Waals surface area contributed by atoms with Crippen LogP contribution in [0.5, 0.6) is 0 Å². The summed E-state index contributed by atoms with van der Waals surface area (Å²) in [4.78, 5) is 11.6. The van der Waals surface area contributed by atoms with Gasteiger partial charge in [-0.3, -0.25) is 0 Å². The molecule has 4 nitrogen and oxygen atoms in total. The Hall–Kier alpha value is -4.65. The molecule has 49 heavy (non-hydrogen) atoms.